The van der Waals surface area contributed by atoms with Crippen molar-refractivity contribution in [1.82, 2.24) is 25.8 Å². The van der Waals surface area contributed by atoms with E-state index in [2.05, 4.69) is 27.6 Å². The second kappa shape index (κ2) is 8.81. The first-order valence-electron chi connectivity index (χ1n) is 12.0. The summed E-state index contributed by atoms with van der Waals surface area (Å²) in [5, 5.41) is 6.88. The lowest BCUT2D eigenvalue weighted by atomic mass is 9.78. The fourth-order valence-corrected chi connectivity index (χ4v) is 6.26. The molecular weight excluding hydrogens is 424 g/mol. The van der Waals surface area contributed by atoms with Crippen LogP contribution in [0.4, 0.5) is 8.78 Å². The van der Waals surface area contributed by atoms with Crippen LogP contribution in [0.1, 0.15) is 45.1 Å². The highest BCUT2D eigenvalue weighted by atomic mass is 19.3. The number of carbonyl (C=O) groups excluding carboxylic acids is 1. The van der Waals surface area contributed by atoms with Crippen molar-refractivity contribution >= 4 is 12.0 Å². The van der Waals surface area contributed by atoms with Gasteiger partial charge in [0.15, 0.2) is 6.29 Å². The molecular formula is C25H33F2N5O. The standard InChI is InChI=1S/C25H33F2N5O/c1-15(13-17-7-5-4-6-8-17)24(33)31-16(2)19-11-9-18(31)10-12-20(19)22-14-21(23(26)27)28-25-29-30(3)32(22)25/h4-8,13-14,16,18-21,23,25,28-29H,9-12H2,1-3H3/b15-13+/t16?,18-,19+,20+,21?,25?/m1/s1. The number of benzene rings is 1. The third kappa shape index (κ3) is 3.98. The largest absolute Gasteiger partial charge is 0.333 e. The molecule has 0 spiro atoms. The highest BCUT2D eigenvalue weighted by Crippen LogP contribution is 2.46. The number of rotatable bonds is 4. The molecule has 2 bridgehead atoms. The number of nitrogens with one attached hydrogen (secondary N) is 2. The number of halogens is 2. The Morgan fingerprint density at radius 1 is 1.15 bits per heavy atom. The number of amides is 1. The minimum Gasteiger partial charge on any atom is -0.333 e. The summed E-state index contributed by atoms with van der Waals surface area (Å²) in [7, 11) is 1.90. The van der Waals surface area contributed by atoms with Crippen molar-refractivity contribution in [2.24, 2.45) is 11.8 Å². The fraction of sp³-hybridized carbons (Fsp3) is 0.560. The van der Waals surface area contributed by atoms with Crippen molar-refractivity contribution in [1.29, 1.82) is 0 Å². The van der Waals surface area contributed by atoms with Gasteiger partial charge in [0.2, 0.25) is 5.91 Å². The van der Waals surface area contributed by atoms with Gasteiger partial charge in [0.1, 0.15) is 0 Å². The predicted octanol–water partition coefficient (Wildman–Crippen LogP) is 3.57. The molecule has 4 heterocycles. The molecule has 0 aromatic heterocycles. The van der Waals surface area contributed by atoms with Gasteiger partial charge in [-0.05, 0) is 63.2 Å². The van der Waals surface area contributed by atoms with Crippen LogP contribution in [0.25, 0.3) is 6.08 Å². The number of carbonyl (C=O) groups is 1. The molecule has 6 atom stereocenters. The molecule has 1 aliphatic carbocycles. The third-order valence-corrected chi connectivity index (χ3v) is 7.86. The van der Waals surface area contributed by atoms with Crippen LogP contribution in [-0.2, 0) is 4.79 Å². The zero-order chi connectivity index (χ0) is 23.3. The summed E-state index contributed by atoms with van der Waals surface area (Å²) in [6, 6.07) is 9.20. The van der Waals surface area contributed by atoms with Crippen LogP contribution in [0.15, 0.2) is 47.7 Å². The number of piperidine rings is 1. The summed E-state index contributed by atoms with van der Waals surface area (Å²) in [4.78, 5) is 15.7. The van der Waals surface area contributed by atoms with Gasteiger partial charge < -0.3 is 4.90 Å². The lowest BCUT2D eigenvalue weighted by Gasteiger charge is -2.57. The monoisotopic (exact) mass is 457 g/mol. The molecule has 3 saturated heterocycles. The molecule has 4 aliphatic heterocycles. The first-order chi connectivity index (χ1) is 15.8. The smallest absolute Gasteiger partial charge is 0.257 e. The Kier molecular flexibility index (Phi) is 6.01. The molecule has 0 radical (unpaired) electrons. The van der Waals surface area contributed by atoms with Crippen LogP contribution in [0.3, 0.4) is 0 Å². The molecule has 4 fully saturated rings. The molecule has 6 nitrogen and oxygen atoms in total. The quantitative estimate of drug-likeness (QED) is 0.677. The van der Waals surface area contributed by atoms with E-state index in [1.807, 2.05) is 55.5 Å². The molecule has 2 N–H and O–H groups in total. The predicted molar refractivity (Wildman–Crippen MR) is 123 cm³/mol. The normalized spacial score (nSPS) is 34.6. The van der Waals surface area contributed by atoms with Gasteiger partial charge in [0.05, 0.1) is 6.04 Å². The second-order valence-electron chi connectivity index (χ2n) is 9.79. The van der Waals surface area contributed by atoms with E-state index >= 15 is 0 Å². The number of hydrogen-bond donors (Lipinski definition) is 2. The van der Waals surface area contributed by atoms with Gasteiger partial charge in [-0.3, -0.25) is 15.1 Å². The summed E-state index contributed by atoms with van der Waals surface area (Å²) < 4.78 is 27.3. The van der Waals surface area contributed by atoms with Gasteiger partial charge in [-0.15, -0.1) is 0 Å². The molecule has 6 rings (SSSR count). The van der Waals surface area contributed by atoms with E-state index < -0.39 is 12.5 Å². The molecule has 3 unspecified atom stereocenters. The lowest BCUT2D eigenvalue weighted by molar-refractivity contribution is -0.219. The Bertz CT molecular complexity index is 951. The molecule has 1 amide bonds. The average Bonchev–Trinajstić information content (AvgIpc) is 3.08. The van der Waals surface area contributed by atoms with Gasteiger partial charge >= 0.3 is 0 Å². The Balaban J connectivity index is 1.41. The van der Waals surface area contributed by atoms with Gasteiger partial charge in [-0.1, -0.05) is 30.3 Å². The van der Waals surface area contributed by atoms with Crippen molar-refractivity contribution in [2.45, 2.75) is 70.4 Å². The molecule has 1 aromatic carbocycles. The summed E-state index contributed by atoms with van der Waals surface area (Å²) >= 11 is 0. The van der Waals surface area contributed by atoms with Crippen LogP contribution >= 0.6 is 0 Å². The summed E-state index contributed by atoms with van der Waals surface area (Å²) in [6.07, 6.45) is 4.70. The van der Waals surface area contributed by atoms with Crippen LogP contribution < -0.4 is 10.7 Å². The molecule has 5 aliphatic rings. The summed E-state index contributed by atoms with van der Waals surface area (Å²) in [6.45, 7) is 4.04. The number of nitrogens with zero attached hydrogens (tertiary/aromatic N) is 3. The van der Waals surface area contributed by atoms with E-state index in [4.69, 9.17) is 0 Å². The van der Waals surface area contributed by atoms with Gasteiger partial charge in [0.25, 0.3) is 6.43 Å². The fourth-order valence-electron chi connectivity index (χ4n) is 6.26. The summed E-state index contributed by atoms with van der Waals surface area (Å²) in [5.41, 5.74) is 5.86. The molecule has 178 valence electrons. The third-order valence-electron chi connectivity index (χ3n) is 7.86. The molecule has 8 heteroatoms. The Morgan fingerprint density at radius 3 is 2.58 bits per heavy atom. The zero-order valence-corrected chi connectivity index (χ0v) is 19.4. The second-order valence-corrected chi connectivity index (χ2v) is 9.79. The van der Waals surface area contributed by atoms with Crippen LogP contribution in [-0.4, -0.2) is 58.8 Å². The highest BCUT2D eigenvalue weighted by Gasteiger charge is 2.50. The van der Waals surface area contributed by atoms with Crippen molar-refractivity contribution in [3.63, 3.8) is 0 Å². The van der Waals surface area contributed by atoms with E-state index in [-0.39, 0.29) is 36.1 Å². The van der Waals surface area contributed by atoms with Gasteiger partial charge in [0, 0.05) is 36.3 Å². The van der Waals surface area contributed by atoms with E-state index in [0.717, 1.165) is 42.5 Å². The van der Waals surface area contributed by atoms with E-state index in [9.17, 15) is 13.6 Å². The maximum Gasteiger partial charge on any atom is 0.257 e. The van der Waals surface area contributed by atoms with Crippen LogP contribution in [0, 0.1) is 11.8 Å². The maximum absolute atomic E-state index is 13.6. The Morgan fingerprint density at radius 2 is 1.88 bits per heavy atom. The van der Waals surface area contributed by atoms with Crippen LogP contribution in [0.2, 0.25) is 0 Å². The Hall–Kier alpha value is -2.29. The topological polar surface area (TPSA) is 50.9 Å². The van der Waals surface area contributed by atoms with Gasteiger partial charge in [-0.25, -0.2) is 14.2 Å². The Labute approximate surface area is 194 Å². The maximum atomic E-state index is 13.6. The van der Waals surface area contributed by atoms with E-state index in [1.54, 1.807) is 6.08 Å². The number of alkyl halides is 2. The van der Waals surface area contributed by atoms with Crippen molar-refractivity contribution in [3.05, 3.63) is 53.2 Å². The van der Waals surface area contributed by atoms with Crippen molar-refractivity contribution in [3.8, 4) is 0 Å². The molecule has 1 aromatic rings. The number of fused-ring (bicyclic) bond motifs is 5. The lowest BCUT2D eigenvalue weighted by Crippen LogP contribution is -2.79. The number of hydrazine groups is 2. The van der Waals surface area contributed by atoms with E-state index in [1.165, 1.54) is 0 Å². The number of hydrogen-bond acceptors (Lipinski definition) is 5. The molecule has 33 heavy (non-hydrogen) atoms. The minimum atomic E-state index is -2.46. The van der Waals surface area contributed by atoms with Gasteiger partial charge in [-0.2, -0.15) is 5.12 Å². The minimum absolute atomic E-state index is 0.0571. The van der Waals surface area contributed by atoms with E-state index in [0.29, 0.717) is 0 Å². The summed E-state index contributed by atoms with van der Waals surface area (Å²) in [5.74, 6) is 0.484. The van der Waals surface area contributed by atoms with Crippen molar-refractivity contribution < 1.29 is 13.6 Å². The number of allylic oxidation sites excluding steroid dienone is 1. The first kappa shape index (κ1) is 22.5. The highest BCUT2D eigenvalue weighted by molar-refractivity contribution is 5.97. The van der Waals surface area contributed by atoms with Crippen LogP contribution in [0.5, 0.6) is 0 Å². The first-order valence-corrected chi connectivity index (χ1v) is 12.0. The SMILES string of the molecule is C/C(=C\c1ccccc1)C(=O)N1C(C)[C@@H]2CC[C@@H]1CC[C@@H]2C1=CC(C(F)F)NC2NN(C)N12. The molecule has 1 saturated carbocycles. The average molecular weight is 458 g/mol. The zero-order valence-electron chi connectivity index (χ0n) is 19.4. The van der Waals surface area contributed by atoms with Crippen molar-refractivity contribution in [2.75, 3.05) is 7.05 Å².